The number of aromatic nitrogens is 2. The summed E-state index contributed by atoms with van der Waals surface area (Å²) in [7, 11) is 1.88. The molecule has 0 saturated heterocycles. The van der Waals surface area contributed by atoms with Crippen molar-refractivity contribution in [3.8, 4) is 0 Å². The molecule has 0 aliphatic heterocycles. The van der Waals surface area contributed by atoms with Crippen LogP contribution >= 0.6 is 0 Å². The van der Waals surface area contributed by atoms with Crippen molar-refractivity contribution in [3.63, 3.8) is 0 Å². The number of imidazole rings is 1. The van der Waals surface area contributed by atoms with E-state index in [1.165, 1.54) is 5.56 Å². The van der Waals surface area contributed by atoms with Crippen molar-refractivity contribution in [2.75, 3.05) is 12.4 Å². The molecule has 3 heteroatoms. The Balaban J connectivity index is 2.19. The molecule has 0 unspecified atom stereocenters. The van der Waals surface area contributed by atoms with Gasteiger partial charge in [0.25, 0.3) is 0 Å². The van der Waals surface area contributed by atoms with Gasteiger partial charge in [-0.3, -0.25) is 0 Å². The Morgan fingerprint density at radius 1 is 1.29 bits per heavy atom. The van der Waals surface area contributed by atoms with E-state index in [2.05, 4.69) is 27.0 Å². The average molecular weight is 187 g/mol. The van der Waals surface area contributed by atoms with Gasteiger partial charge in [-0.2, -0.15) is 0 Å². The lowest BCUT2D eigenvalue weighted by atomic mass is 10.2. The summed E-state index contributed by atoms with van der Waals surface area (Å²) in [6, 6.07) is 10.3. The van der Waals surface area contributed by atoms with Crippen LogP contribution in [0.5, 0.6) is 0 Å². The molecule has 14 heavy (non-hydrogen) atoms. The van der Waals surface area contributed by atoms with Gasteiger partial charge in [0, 0.05) is 19.4 Å². The van der Waals surface area contributed by atoms with Crippen LogP contribution in [0.2, 0.25) is 0 Å². The Kier molecular flexibility index (Phi) is 2.49. The summed E-state index contributed by atoms with van der Waals surface area (Å²) >= 11 is 0. The number of hydrogen-bond acceptors (Lipinski definition) is 2. The second-order valence-electron chi connectivity index (χ2n) is 3.11. The summed E-state index contributed by atoms with van der Waals surface area (Å²) in [6.45, 7) is 0.858. The van der Waals surface area contributed by atoms with E-state index in [1.54, 1.807) is 6.20 Å². The molecule has 1 N–H and O–H groups in total. The normalized spacial score (nSPS) is 10.1. The van der Waals surface area contributed by atoms with Gasteiger partial charge < -0.3 is 9.88 Å². The van der Waals surface area contributed by atoms with Gasteiger partial charge in [0.15, 0.2) is 0 Å². The summed E-state index contributed by atoms with van der Waals surface area (Å²) in [5.41, 5.74) is 1.28. The van der Waals surface area contributed by atoms with Gasteiger partial charge in [-0.05, 0) is 5.56 Å². The second-order valence-corrected chi connectivity index (χ2v) is 3.11. The first kappa shape index (κ1) is 8.81. The standard InChI is InChI=1S/C11H13N3/c1-12-11-13-7-8-14(11)9-10-5-3-2-4-6-10/h2-8H,9H2,1H3,(H,12,13). The summed E-state index contributed by atoms with van der Waals surface area (Å²) in [4.78, 5) is 4.18. The molecule has 0 spiro atoms. The maximum absolute atomic E-state index is 4.18. The van der Waals surface area contributed by atoms with Crippen LogP contribution in [0, 0.1) is 0 Å². The summed E-state index contributed by atoms with van der Waals surface area (Å²) in [6.07, 6.45) is 3.77. The number of nitrogens with one attached hydrogen (secondary N) is 1. The van der Waals surface area contributed by atoms with Gasteiger partial charge in [-0.15, -0.1) is 0 Å². The Labute approximate surface area is 83.4 Å². The fraction of sp³-hybridized carbons (Fsp3) is 0.182. The van der Waals surface area contributed by atoms with Gasteiger partial charge in [-0.25, -0.2) is 4.98 Å². The van der Waals surface area contributed by atoms with Crippen molar-refractivity contribution in [2.24, 2.45) is 0 Å². The average Bonchev–Trinajstić information content (AvgIpc) is 2.67. The Bertz CT molecular complexity index is 392. The molecule has 0 saturated carbocycles. The second kappa shape index (κ2) is 3.96. The van der Waals surface area contributed by atoms with Crippen LogP contribution in [0.15, 0.2) is 42.7 Å². The zero-order chi connectivity index (χ0) is 9.80. The minimum Gasteiger partial charge on any atom is -0.359 e. The van der Waals surface area contributed by atoms with Gasteiger partial charge in [0.2, 0.25) is 5.95 Å². The molecule has 0 amide bonds. The van der Waals surface area contributed by atoms with Crippen LogP contribution in [-0.2, 0) is 6.54 Å². The largest absolute Gasteiger partial charge is 0.359 e. The monoisotopic (exact) mass is 187 g/mol. The fourth-order valence-corrected chi connectivity index (χ4v) is 1.45. The van der Waals surface area contributed by atoms with Gasteiger partial charge in [-0.1, -0.05) is 30.3 Å². The molecule has 1 aromatic heterocycles. The molecule has 0 atom stereocenters. The smallest absolute Gasteiger partial charge is 0.202 e. The zero-order valence-electron chi connectivity index (χ0n) is 8.14. The third-order valence-electron chi connectivity index (χ3n) is 2.13. The number of benzene rings is 1. The molecular weight excluding hydrogens is 174 g/mol. The van der Waals surface area contributed by atoms with Crippen molar-refractivity contribution in [1.82, 2.24) is 9.55 Å². The predicted molar refractivity (Wildman–Crippen MR) is 57.3 cm³/mol. The van der Waals surface area contributed by atoms with Crippen molar-refractivity contribution < 1.29 is 0 Å². The summed E-state index contributed by atoms with van der Waals surface area (Å²) in [5, 5.41) is 3.05. The number of hydrogen-bond donors (Lipinski definition) is 1. The number of nitrogens with zero attached hydrogens (tertiary/aromatic N) is 2. The van der Waals surface area contributed by atoms with Crippen LogP contribution in [0.3, 0.4) is 0 Å². The third-order valence-corrected chi connectivity index (χ3v) is 2.13. The van der Waals surface area contributed by atoms with Gasteiger partial charge >= 0.3 is 0 Å². The maximum atomic E-state index is 4.18. The van der Waals surface area contributed by atoms with Crippen LogP contribution in [-0.4, -0.2) is 16.6 Å². The number of rotatable bonds is 3. The fourth-order valence-electron chi connectivity index (χ4n) is 1.45. The van der Waals surface area contributed by atoms with E-state index in [1.807, 2.05) is 31.4 Å². The molecule has 0 radical (unpaired) electrons. The van der Waals surface area contributed by atoms with Gasteiger partial charge in [0.1, 0.15) is 0 Å². The molecule has 72 valence electrons. The van der Waals surface area contributed by atoms with Crippen LogP contribution in [0.1, 0.15) is 5.56 Å². The van der Waals surface area contributed by atoms with Crippen LogP contribution in [0.4, 0.5) is 5.95 Å². The number of anilines is 1. The molecular formula is C11H13N3. The third kappa shape index (κ3) is 1.76. The van der Waals surface area contributed by atoms with Crippen molar-refractivity contribution >= 4 is 5.95 Å². The van der Waals surface area contributed by atoms with E-state index in [0.717, 1.165) is 12.5 Å². The molecule has 0 aliphatic carbocycles. The van der Waals surface area contributed by atoms with Crippen molar-refractivity contribution in [1.29, 1.82) is 0 Å². The Hall–Kier alpha value is -1.77. The predicted octanol–water partition coefficient (Wildman–Crippen LogP) is 1.97. The zero-order valence-corrected chi connectivity index (χ0v) is 8.14. The lowest BCUT2D eigenvalue weighted by Crippen LogP contribution is -2.03. The molecule has 0 fully saturated rings. The minimum absolute atomic E-state index is 0.858. The molecule has 2 aromatic rings. The van der Waals surface area contributed by atoms with Gasteiger partial charge in [0.05, 0.1) is 6.54 Å². The first-order valence-corrected chi connectivity index (χ1v) is 4.63. The topological polar surface area (TPSA) is 29.9 Å². The molecule has 3 nitrogen and oxygen atoms in total. The minimum atomic E-state index is 0.858. The molecule has 1 heterocycles. The van der Waals surface area contributed by atoms with E-state index < -0.39 is 0 Å². The Morgan fingerprint density at radius 3 is 2.79 bits per heavy atom. The van der Waals surface area contributed by atoms with E-state index in [0.29, 0.717) is 0 Å². The van der Waals surface area contributed by atoms with E-state index in [9.17, 15) is 0 Å². The highest BCUT2D eigenvalue weighted by Gasteiger charge is 1.99. The maximum Gasteiger partial charge on any atom is 0.202 e. The SMILES string of the molecule is CNc1nccn1Cc1ccccc1. The molecule has 2 rings (SSSR count). The van der Waals surface area contributed by atoms with Crippen molar-refractivity contribution in [3.05, 3.63) is 48.3 Å². The molecule has 1 aromatic carbocycles. The lowest BCUT2D eigenvalue weighted by molar-refractivity contribution is 0.805. The molecule has 0 aliphatic rings. The van der Waals surface area contributed by atoms with Crippen LogP contribution < -0.4 is 5.32 Å². The van der Waals surface area contributed by atoms with E-state index in [4.69, 9.17) is 0 Å². The highest BCUT2D eigenvalue weighted by Crippen LogP contribution is 2.07. The lowest BCUT2D eigenvalue weighted by Gasteiger charge is -2.06. The first-order valence-electron chi connectivity index (χ1n) is 4.63. The van der Waals surface area contributed by atoms with Crippen molar-refractivity contribution in [2.45, 2.75) is 6.54 Å². The Morgan fingerprint density at radius 2 is 2.07 bits per heavy atom. The highest BCUT2D eigenvalue weighted by atomic mass is 15.2. The first-order chi connectivity index (χ1) is 6.90. The quantitative estimate of drug-likeness (QED) is 0.796. The molecule has 0 bridgehead atoms. The summed E-state index contributed by atoms with van der Waals surface area (Å²) < 4.78 is 2.08. The van der Waals surface area contributed by atoms with E-state index >= 15 is 0 Å². The summed E-state index contributed by atoms with van der Waals surface area (Å²) in [5.74, 6) is 0.897. The highest BCUT2D eigenvalue weighted by molar-refractivity contribution is 5.26. The van der Waals surface area contributed by atoms with E-state index in [-0.39, 0.29) is 0 Å². The van der Waals surface area contributed by atoms with Crippen LogP contribution in [0.25, 0.3) is 0 Å².